The summed E-state index contributed by atoms with van der Waals surface area (Å²) in [5.41, 5.74) is 0. The minimum absolute atomic E-state index is 0.0729. The maximum atomic E-state index is 13.0. The highest BCUT2D eigenvalue weighted by atomic mass is 19.3. The van der Waals surface area contributed by atoms with Gasteiger partial charge in [0.05, 0.1) is 0 Å². The summed E-state index contributed by atoms with van der Waals surface area (Å²) in [7, 11) is 1.95. The average molecular weight is 161 g/mol. The zero-order valence-electron chi connectivity index (χ0n) is 6.85. The summed E-state index contributed by atoms with van der Waals surface area (Å²) >= 11 is 0. The molecule has 3 atom stereocenters. The summed E-state index contributed by atoms with van der Waals surface area (Å²) in [5, 5.41) is 0. The number of rotatable bonds is 0. The molecule has 0 aromatic rings. The molecule has 64 valence electrons. The van der Waals surface area contributed by atoms with Crippen molar-refractivity contribution in [2.45, 2.75) is 37.8 Å². The van der Waals surface area contributed by atoms with E-state index in [4.69, 9.17) is 0 Å². The van der Waals surface area contributed by atoms with Crippen LogP contribution in [0, 0.1) is 5.92 Å². The Labute approximate surface area is 65.4 Å². The van der Waals surface area contributed by atoms with Crippen molar-refractivity contribution in [2.24, 2.45) is 5.92 Å². The largest absolute Gasteiger partial charge is 0.300 e. The van der Waals surface area contributed by atoms with Crippen LogP contribution in [-0.4, -0.2) is 30.0 Å². The lowest BCUT2D eigenvalue weighted by molar-refractivity contribution is -0.0822. The SMILES string of the molecule is CC1[C@@H]2C[C@@H](CC2(F)F)N1C. The van der Waals surface area contributed by atoms with E-state index >= 15 is 0 Å². The van der Waals surface area contributed by atoms with Gasteiger partial charge < -0.3 is 4.90 Å². The Morgan fingerprint density at radius 2 is 2.09 bits per heavy atom. The summed E-state index contributed by atoms with van der Waals surface area (Å²) in [6.45, 7) is 1.90. The van der Waals surface area contributed by atoms with Crippen molar-refractivity contribution in [1.82, 2.24) is 4.90 Å². The number of fused-ring (bicyclic) bond motifs is 2. The van der Waals surface area contributed by atoms with Gasteiger partial charge in [-0.15, -0.1) is 0 Å². The fraction of sp³-hybridized carbons (Fsp3) is 1.00. The molecule has 2 fully saturated rings. The van der Waals surface area contributed by atoms with E-state index in [1.165, 1.54) is 0 Å². The van der Waals surface area contributed by atoms with Crippen molar-refractivity contribution >= 4 is 0 Å². The third-order valence-corrected chi connectivity index (χ3v) is 3.38. The van der Waals surface area contributed by atoms with Gasteiger partial charge in [-0.05, 0) is 20.4 Å². The van der Waals surface area contributed by atoms with Crippen LogP contribution in [0.5, 0.6) is 0 Å². The van der Waals surface area contributed by atoms with E-state index in [9.17, 15) is 8.78 Å². The van der Waals surface area contributed by atoms with Crippen molar-refractivity contribution in [3.8, 4) is 0 Å². The Bertz CT molecular complexity index is 179. The van der Waals surface area contributed by atoms with E-state index in [1.807, 2.05) is 14.0 Å². The first-order valence-electron chi connectivity index (χ1n) is 4.12. The van der Waals surface area contributed by atoms with Crippen LogP contribution < -0.4 is 0 Å². The molecule has 1 unspecified atom stereocenters. The summed E-state index contributed by atoms with van der Waals surface area (Å²) in [5.74, 6) is -2.76. The van der Waals surface area contributed by atoms with Gasteiger partial charge in [0.2, 0.25) is 0 Å². The molecule has 0 spiro atoms. The second-order valence-corrected chi connectivity index (χ2v) is 3.87. The molecule has 0 amide bonds. The van der Waals surface area contributed by atoms with Crippen molar-refractivity contribution in [3.63, 3.8) is 0 Å². The van der Waals surface area contributed by atoms with E-state index in [2.05, 4.69) is 4.90 Å². The van der Waals surface area contributed by atoms with E-state index in [-0.39, 0.29) is 24.4 Å². The monoisotopic (exact) mass is 161 g/mol. The van der Waals surface area contributed by atoms with Gasteiger partial charge in [0, 0.05) is 24.4 Å². The Hall–Kier alpha value is -0.180. The summed E-state index contributed by atoms with van der Waals surface area (Å²) in [6, 6.07) is 0.216. The molecule has 1 saturated heterocycles. The van der Waals surface area contributed by atoms with Crippen molar-refractivity contribution in [1.29, 1.82) is 0 Å². The Kier molecular flexibility index (Phi) is 1.32. The first kappa shape index (κ1) is 7.47. The van der Waals surface area contributed by atoms with Crippen LogP contribution in [0.4, 0.5) is 8.78 Å². The van der Waals surface area contributed by atoms with E-state index in [0.717, 1.165) is 0 Å². The predicted octanol–water partition coefficient (Wildman–Crippen LogP) is 1.73. The Morgan fingerprint density at radius 3 is 2.45 bits per heavy atom. The lowest BCUT2D eigenvalue weighted by Gasteiger charge is -2.34. The molecular weight excluding hydrogens is 148 g/mol. The molecule has 0 aromatic carbocycles. The fourth-order valence-corrected chi connectivity index (χ4v) is 2.49. The van der Waals surface area contributed by atoms with Gasteiger partial charge >= 0.3 is 0 Å². The normalized spacial score (nSPS) is 48.5. The zero-order valence-corrected chi connectivity index (χ0v) is 6.85. The third kappa shape index (κ3) is 0.835. The van der Waals surface area contributed by atoms with Gasteiger partial charge in [-0.2, -0.15) is 0 Å². The second kappa shape index (κ2) is 1.94. The molecular formula is C8H13F2N. The van der Waals surface area contributed by atoms with Crippen LogP contribution in [0.1, 0.15) is 19.8 Å². The molecule has 1 aliphatic heterocycles. The molecule has 1 aliphatic carbocycles. The molecule has 1 saturated carbocycles. The van der Waals surface area contributed by atoms with Gasteiger partial charge in [0.1, 0.15) is 0 Å². The van der Waals surface area contributed by atoms with Crippen molar-refractivity contribution in [2.75, 3.05) is 7.05 Å². The van der Waals surface area contributed by atoms with Gasteiger partial charge in [-0.1, -0.05) is 0 Å². The first-order chi connectivity index (χ1) is 5.02. The van der Waals surface area contributed by atoms with Crippen LogP contribution in [0.15, 0.2) is 0 Å². The smallest absolute Gasteiger partial charge is 0.253 e. The van der Waals surface area contributed by atoms with Gasteiger partial charge in [0.25, 0.3) is 5.92 Å². The van der Waals surface area contributed by atoms with Crippen LogP contribution in [-0.2, 0) is 0 Å². The first-order valence-corrected chi connectivity index (χ1v) is 4.12. The highest BCUT2D eigenvalue weighted by Crippen LogP contribution is 2.50. The minimum Gasteiger partial charge on any atom is -0.300 e. The van der Waals surface area contributed by atoms with Crippen molar-refractivity contribution < 1.29 is 8.78 Å². The van der Waals surface area contributed by atoms with Gasteiger partial charge in [0.15, 0.2) is 0 Å². The Morgan fingerprint density at radius 1 is 1.45 bits per heavy atom. The molecule has 1 nitrogen and oxygen atoms in total. The summed E-state index contributed by atoms with van der Waals surface area (Å²) in [6.07, 6.45) is 0.781. The van der Waals surface area contributed by atoms with E-state index in [0.29, 0.717) is 6.42 Å². The lowest BCUT2D eigenvalue weighted by atomic mass is 9.97. The molecule has 2 bridgehead atoms. The number of likely N-dealkylation sites (tertiary alicyclic amines) is 1. The molecule has 0 N–H and O–H groups in total. The summed E-state index contributed by atoms with van der Waals surface area (Å²) < 4.78 is 26.1. The highest BCUT2D eigenvalue weighted by Gasteiger charge is 2.58. The van der Waals surface area contributed by atoms with E-state index in [1.54, 1.807) is 0 Å². The molecule has 1 heterocycles. The van der Waals surface area contributed by atoms with Gasteiger partial charge in [-0.3, -0.25) is 0 Å². The average Bonchev–Trinajstić information content (AvgIpc) is 2.31. The number of nitrogens with zero attached hydrogens (tertiary/aromatic N) is 1. The predicted molar refractivity (Wildman–Crippen MR) is 38.7 cm³/mol. The second-order valence-electron chi connectivity index (χ2n) is 3.87. The molecule has 2 aliphatic rings. The van der Waals surface area contributed by atoms with Crippen LogP contribution in [0.3, 0.4) is 0 Å². The quantitative estimate of drug-likeness (QED) is 0.523. The molecule has 11 heavy (non-hydrogen) atoms. The number of hydrogen-bond donors (Lipinski definition) is 0. The van der Waals surface area contributed by atoms with E-state index < -0.39 is 5.92 Å². The summed E-state index contributed by atoms with van der Waals surface area (Å²) in [4.78, 5) is 2.09. The maximum absolute atomic E-state index is 13.0. The van der Waals surface area contributed by atoms with Crippen LogP contribution >= 0.6 is 0 Å². The Balaban J connectivity index is 2.23. The number of piperidine rings is 1. The minimum atomic E-state index is -2.38. The fourth-order valence-electron chi connectivity index (χ4n) is 2.49. The number of hydrogen-bond acceptors (Lipinski definition) is 1. The molecule has 3 heteroatoms. The van der Waals surface area contributed by atoms with Crippen LogP contribution in [0.25, 0.3) is 0 Å². The zero-order chi connectivity index (χ0) is 8.22. The topological polar surface area (TPSA) is 3.24 Å². The van der Waals surface area contributed by atoms with Crippen LogP contribution in [0.2, 0.25) is 0 Å². The number of halogens is 2. The number of alkyl halides is 2. The van der Waals surface area contributed by atoms with Crippen molar-refractivity contribution in [3.05, 3.63) is 0 Å². The molecule has 2 rings (SSSR count). The maximum Gasteiger partial charge on any atom is 0.253 e. The molecule has 0 radical (unpaired) electrons. The lowest BCUT2D eigenvalue weighted by Crippen LogP contribution is -2.44. The molecule has 0 aromatic heterocycles. The van der Waals surface area contributed by atoms with Gasteiger partial charge in [-0.25, -0.2) is 8.78 Å². The standard InChI is InChI=1S/C8H13F2N/c1-5-7-3-6(11(5)2)4-8(7,9)10/h5-7H,3-4H2,1-2H3/t5?,6-,7-/m0/s1. The highest BCUT2D eigenvalue weighted by molar-refractivity contribution is 5.04. The third-order valence-electron chi connectivity index (χ3n) is 3.38.